The number of nitrogens with two attached hydrogens (primary N) is 1. The Labute approximate surface area is 155 Å². The van der Waals surface area contributed by atoms with Crippen LogP contribution < -0.4 is 10.5 Å². The predicted octanol–water partition coefficient (Wildman–Crippen LogP) is 1.89. The first-order valence-corrected chi connectivity index (χ1v) is 10.1. The van der Waals surface area contributed by atoms with Crippen molar-refractivity contribution in [2.75, 3.05) is 13.1 Å². The number of benzene rings is 1. The molecule has 2 fully saturated rings. The molecule has 140 valence electrons. The zero-order valence-electron chi connectivity index (χ0n) is 14.2. The summed E-state index contributed by atoms with van der Waals surface area (Å²) in [5, 5.41) is 0. The minimum atomic E-state index is -3.59. The lowest BCUT2D eigenvalue weighted by atomic mass is 10.1. The quantitative estimate of drug-likeness (QED) is 0.806. The van der Waals surface area contributed by atoms with Gasteiger partial charge in [-0.1, -0.05) is 18.9 Å². The molecule has 8 heteroatoms. The molecule has 3 rings (SSSR count). The third kappa shape index (κ3) is 4.53. The molecular weight excluding hydrogens is 362 g/mol. The normalized spacial score (nSPS) is 21.3. The summed E-state index contributed by atoms with van der Waals surface area (Å²) in [5.41, 5.74) is 6.14. The van der Waals surface area contributed by atoms with Crippen LogP contribution in [0.15, 0.2) is 29.2 Å². The van der Waals surface area contributed by atoms with Gasteiger partial charge >= 0.3 is 0 Å². The molecule has 0 bridgehead atoms. The fourth-order valence-corrected chi connectivity index (χ4v) is 4.99. The van der Waals surface area contributed by atoms with Crippen molar-refractivity contribution in [1.82, 2.24) is 9.62 Å². The molecule has 1 amide bonds. The van der Waals surface area contributed by atoms with Crippen LogP contribution in [0.2, 0.25) is 0 Å². The van der Waals surface area contributed by atoms with E-state index in [9.17, 15) is 13.2 Å². The second kappa shape index (κ2) is 8.49. The third-order valence-corrected chi connectivity index (χ3v) is 6.50. The number of sulfonamides is 1. The SMILES string of the molecule is Cl.NCC1CCCN1C(=O)c1cccc(S(=O)(=O)NC2CCCC2)c1. The highest BCUT2D eigenvalue weighted by Crippen LogP contribution is 2.23. The lowest BCUT2D eigenvalue weighted by molar-refractivity contribution is 0.0741. The highest BCUT2D eigenvalue weighted by Gasteiger charge is 2.29. The van der Waals surface area contributed by atoms with E-state index in [4.69, 9.17) is 5.73 Å². The molecule has 0 radical (unpaired) electrons. The third-order valence-electron chi connectivity index (χ3n) is 4.98. The highest BCUT2D eigenvalue weighted by molar-refractivity contribution is 7.89. The monoisotopic (exact) mass is 387 g/mol. The van der Waals surface area contributed by atoms with E-state index in [-0.39, 0.29) is 35.3 Å². The van der Waals surface area contributed by atoms with Gasteiger partial charge < -0.3 is 10.6 Å². The van der Waals surface area contributed by atoms with E-state index in [1.807, 2.05) is 0 Å². The van der Waals surface area contributed by atoms with E-state index < -0.39 is 10.0 Å². The Morgan fingerprint density at radius 1 is 1.20 bits per heavy atom. The number of carbonyl (C=O) groups is 1. The Hall–Kier alpha value is -1.15. The van der Waals surface area contributed by atoms with E-state index in [0.717, 1.165) is 38.5 Å². The molecule has 1 atom stereocenters. The summed E-state index contributed by atoms with van der Waals surface area (Å²) >= 11 is 0. The van der Waals surface area contributed by atoms with Gasteiger partial charge in [-0.15, -0.1) is 12.4 Å². The number of carbonyl (C=O) groups excluding carboxylic acids is 1. The Kier molecular flexibility index (Phi) is 6.85. The van der Waals surface area contributed by atoms with Crippen LogP contribution in [0.4, 0.5) is 0 Å². The smallest absolute Gasteiger partial charge is 0.254 e. The number of likely N-dealkylation sites (tertiary alicyclic amines) is 1. The average molecular weight is 388 g/mol. The number of nitrogens with zero attached hydrogens (tertiary/aromatic N) is 1. The summed E-state index contributed by atoms with van der Waals surface area (Å²) in [5.74, 6) is -0.138. The van der Waals surface area contributed by atoms with E-state index >= 15 is 0 Å². The van der Waals surface area contributed by atoms with E-state index in [2.05, 4.69) is 4.72 Å². The van der Waals surface area contributed by atoms with Crippen LogP contribution in [0.3, 0.4) is 0 Å². The van der Waals surface area contributed by atoms with Crippen molar-refractivity contribution in [2.45, 2.75) is 55.5 Å². The summed E-state index contributed by atoms with van der Waals surface area (Å²) in [6, 6.07) is 6.38. The standard InChI is InChI=1S/C17H25N3O3S.ClH/c18-12-15-8-4-10-20(15)17(21)13-5-3-9-16(11-13)24(22,23)19-14-6-1-2-7-14;/h3,5,9,11,14-15,19H,1-2,4,6-8,10,12,18H2;1H. The summed E-state index contributed by atoms with van der Waals surface area (Å²) in [7, 11) is -3.59. The van der Waals surface area contributed by atoms with Crippen LogP contribution in [-0.2, 0) is 10.0 Å². The lowest BCUT2D eigenvalue weighted by Gasteiger charge is -2.23. The Morgan fingerprint density at radius 2 is 1.92 bits per heavy atom. The Morgan fingerprint density at radius 3 is 2.60 bits per heavy atom. The van der Waals surface area contributed by atoms with Gasteiger partial charge in [0.15, 0.2) is 0 Å². The number of amides is 1. The number of hydrogen-bond acceptors (Lipinski definition) is 4. The molecule has 1 aliphatic heterocycles. The second-order valence-electron chi connectivity index (χ2n) is 6.66. The Balaban J connectivity index is 0.00000225. The number of nitrogens with one attached hydrogen (secondary N) is 1. The van der Waals surface area contributed by atoms with Gasteiger partial charge in [0.1, 0.15) is 0 Å². The van der Waals surface area contributed by atoms with Crippen molar-refractivity contribution >= 4 is 28.3 Å². The first-order chi connectivity index (χ1) is 11.5. The summed E-state index contributed by atoms with van der Waals surface area (Å²) < 4.78 is 27.9. The molecule has 1 aliphatic carbocycles. The van der Waals surface area contributed by atoms with Crippen LogP contribution in [0, 0.1) is 0 Å². The molecule has 1 unspecified atom stereocenters. The van der Waals surface area contributed by atoms with Crippen LogP contribution in [-0.4, -0.2) is 44.4 Å². The number of hydrogen-bond donors (Lipinski definition) is 2. The molecule has 1 saturated heterocycles. The maximum Gasteiger partial charge on any atom is 0.254 e. The second-order valence-corrected chi connectivity index (χ2v) is 8.37. The predicted molar refractivity (Wildman–Crippen MR) is 99.4 cm³/mol. The number of halogens is 1. The van der Waals surface area contributed by atoms with E-state index in [0.29, 0.717) is 18.7 Å². The molecule has 6 nitrogen and oxygen atoms in total. The van der Waals surface area contributed by atoms with Gasteiger partial charge in [0, 0.05) is 30.7 Å². The maximum absolute atomic E-state index is 12.7. The zero-order valence-corrected chi connectivity index (χ0v) is 15.8. The van der Waals surface area contributed by atoms with Gasteiger partial charge in [-0.05, 0) is 43.9 Å². The minimum Gasteiger partial charge on any atom is -0.334 e. The molecule has 1 heterocycles. The highest BCUT2D eigenvalue weighted by atomic mass is 35.5. The molecule has 3 N–H and O–H groups in total. The zero-order chi connectivity index (χ0) is 17.2. The van der Waals surface area contributed by atoms with Gasteiger partial charge in [0.05, 0.1) is 4.90 Å². The fourth-order valence-electron chi connectivity index (χ4n) is 3.64. The van der Waals surface area contributed by atoms with Crippen molar-refractivity contribution in [3.63, 3.8) is 0 Å². The van der Waals surface area contributed by atoms with Crippen LogP contribution >= 0.6 is 12.4 Å². The molecule has 0 aromatic heterocycles. The molecule has 1 aromatic rings. The topological polar surface area (TPSA) is 92.5 Å². The van der Waals surface area contributed by atoms with Crippen LogP contribution in [0.1, 0.15) is 48.9 Å². The molecule has 2 aliphatic rings. The Bertz CT molecular complexity index is 705. The summed E-state index contributed by atoms with van der Waals surface area (Å²) in [6.45, 7) is 1.12. The molecular formula is C17H26ClN3O3S. The first kappa shape index (κ1) is 20.2. The van der Waals surface area contributed by atoms with Gasteiger partial charge in [-0.3, -0.25) is 4.79 Å². The van der Waals surface area contributed by atoms with Gasteiger partial charge in [0.2, 0.25) is 10.0 Å². The minimum absolute atomic E-state index is 0. The fraction of sp³-hybridized carbons (Fsp3) is 0.588. The van der Waals surface area contributed by atoms with Gasteiger partial charge in [-0.25, -0.2) is 13.1 Å². The van der Waals surface area contributed by atoms with Gasteiger partial charge in [-0.2, -0.15) is 0 Å². The van der Waals surface area contributed by atoms with Gasteiger partial charge in [0.25, 0.3) is 5.91 Å². The van der Waals surface area contributed by atoms with Crippen molar-refractivity contribution < 1.29 is 13.2 Å². The van der Waals surface area contributed by atoms with Crippen molar-refractivity contribution in [1.29, 1.82) is 0 Å². The summed E-state index contributed by atoms with van der Waals surface area (Å²) in [4.78, 5) is 14.6. The molecule has 25 heavy (non-hydrogen) atoms. The maximum atomic E-state index is 12.7. The van der Waals surface area contributed by atoms with Crippen LogP contribution in [0.5, 0.6) is 0 Å². The van der Waals surface area contributed by atoms with Crippen molar-refractivity contribution in [2.24, 2.45) is 5.73 Å². The van der Waals surface area contributed by atoms with Crippen LogP contribution in [0.25, 0.3) is 0 Å². The summed E-state index contributed by atoms with van der Waals surface area (Å²) in [6.07, 6.45) is 5.72. The molecule has 1 saturated carbocycles. The van der Waals surface area contributed by atoms with E-state index in [1.165, 1.54) is 6.07 Å². The van der Waals surface area contributed by atoms with Crippen molar-refractivity contribution in [3.05, 3.63) is 29.8 Å². The molecule has 0 spiro atoms. The first-order valence-electron chi connectivity index (χ1n) is 8.65. The number of rotatable bonds is 5. The van der Waals surface area contributed by atoms with E-state index in [1.54, 1.807) is 23.1 Å². The largest absolute Gasteiger partial charge is 0.334 e. The van der Waals surface area contributed by atoms with Crippen molar-refractivity contribution in [3.8, 4) is 0 Å². The average Bonchev–Trinajstić information content (AvgIpc) is 3.25. The molecule has 1 aromatic carbocycles. The lowest BCUT2D eigenvalue weighted by Crippen LogP contribution is -2.40.